The molecule has 7 heteroatoms. The van der Waals surface area contributed by atoms with Crippen LogP contribution in [-0.2, 0) is 4.74 Å². The smallest absolute Gasteiger partial charge is 0.343 e. The minimum Gasteiger partial charge on any atom is -0.465 e. The maximum absolute atomic E-state index is 13.1. The molecule has 1 aromatic carbocycles. The van der Waals surface area contributed by atoms with E-state index in [1.54, 1.807) is 0 Å². The van der Waals surface area contributed by atoms with Gasteiger partial charge < -0.3 is 10.5 Å². The minimum atomic E-state index is -1.05. The summed E-state index contributed by atoms with van der Waals surface area (Å²) in [4.78, 5) is 20.7. The van der Waals surface area contributed by atoms with Crippen molar-refractivity contribution in [2.45, 2.75) is 0 Å². The van der Waals surface area contributed by atoms with E-state index in [-0.39, 0.29) is 0 Å². The van der Waals surface area contributed by atoms with Crippen LogP contribution in [0.2, 0.25) is 0 Å². The van der Waals surface area contributed by atoms with E-state index in [0.29, 0.717) is 0 Å². The Morgan fingerprint density at radius 3 is 2.67 bits per heavy atom. The van der Waals surface area contributed by atoms with Gasteiger partial charge in [-0.05, 0) is 6.07 Å². The summed E-state index contributed by atoms with van der Waals surface area (Å²) >= 11 is 0. The normalized spacial score (nSPS) is 9.73. The SMILES string of the molecule is COC(=O)c1c(F)ccc([N+](=O)[O-])c1N. The van der Waals surface area contributed by atoms with E-state index in [0.717, 1.165) is 19.2 Å². The molecule has 0 radical (unpaired) electrons. The maximum Gasteiger partial charge on any atom is 0.343 e. The van der Waals surface area contributed by atoms with Crippen LogP contribution in [0.1, 0.15) is 10.4 Å². The lowest BCUT2D eigenvalue weighted by molar-refractivity contribution is -0.384. The number of anilines is 1. The number of carbonyl (C=O) groups is 1. The molecule has 0 atom stereocenters. The zero-order valence-corrected chi connectivity index (χ0v) is 7.69. The van der Waals surface area contributed by atoms with E-state index >= 15 is 0 Å². The highest BCUT2D eigenvalue weighted by atomic mass is 19.1. The Labute approximate surface area is 83.6 Å². The zero-order chi connectivity index (χ0) is 11.6. The molecule has 0 amide bonds. The second-order valence-corrected chi connectivity index (χ2v) is 2.60. The number of hydrogen-bond donors (Lipinski definition) is 1. The standard InChI is InChI=1S/C8H7FN2O4/c1-15-8(12)6-4(9)2-3-5(7(6)10)11(13)14/h2-3H,10H2,1H3. The first-order valence-corrected chi connectivity index (χ1v) is 3.79. The molecule has 1 rings (SSSR count). The van der Waals surface area contributed by atoms with E-state index in [4.69, 9.17) is 5.73 Å². The predicted octanol–water partition coefficient (Wildman–Crippen LogP) is 1.10. The summed E-state index contributed by atoms with van der Waals surface area (Å²) in [5.74, 6) is -2.00. The summed E-state index contributed by atoms with van der Waals surface area (Å²) in [5.41, 5.74) is 3.59. The molecule has 0 saturated heterocycles. The summed E-state index contributed by atoms with van der Waals surface area (Å²) in [6.45, 7) is 0. The topological polar surface area (TPSA) is 95.5 Å². The Hall–Kier alpha value is -2.18. The maximum atomic E-state index is 13.1. The molecular formula is C8H7FN2O4. The number of hydrogen-bond acceptors (Lipinski definition) is 5. The Balaban J connectivity index is 3.43. The number of methoxy groups -OCH3 is 1. The van der Waals surface area contributed by atoms with Crippen molar-refractivity contribution >= 4 is 17.3 Å². The quantitative estimate of drug-likeness (QED) is 0.344. The largest absolute Gasteiger partial charge is 0.465 e. The number of nitrogens with zero attached hydrogens (tertiary/aromatic N) is 1. The van der Waals surface area contributed by atoms with Crippen LogP contribution in [-0.4, -0.2) is 18.0 Å². The second-order valence-electron chi connectivity index (χ2n) is 2.60. The molecule has 0 saturated carbocycles. The number of benzene rings is 1. The molecule has 0 aliphatic rings. The van der Waals surface area contributed by atoms with Crippen LogP contribution < -0.4 is 5.73 Å². The van der Waals surface area contributed by atoms with Crippen molar-refractivity contribution in [1.82, 2.24) is 0 Å². The van der Waals surface area contributed by atoms with Crippen LogP contribution >= 0.6 is 0 Å². The molecule has 0 aromatic heterocycles. The Bertz CT molecular complexity index is 433. The fourth-order valence-electron chi connectivity index (χ4n) is 1.05. The molecule has 0 aliphatic heterocycles. The first-order chi connectivity index (χ1) is 6.99. The Morgan fingerprint density at radius 1 is 1.60 bits per heavy atom. The van der Waals surface area contributed by atoms with E-state index in [2.05, 4.69) is 4.74 Å². The van der Waals surface area contributed by atoms with Gasteiger partial charge in [-0.3, -0.25) is 10.1 Å². The number of carbonyl (C=O) groups excluding carboxylic acids is 1. The summed E-state index contributed by atoms with van der Waals surface area (Å²) in [6.07, 6.45) is 0. The minimum absolute atomic E-state index is 0.531. The van der Waals surface area contributed by atoms with Gasteiger partial charge in [0, 0.05) is 6.07 Å². The highest BCUT2D eigenvalue weighted by Crippen LogP contribution is 2.27. The summed E-state index contributed by atoms with van der Waals surface area (Å²) in [6, 6.07) is 1.68. The summed E-state index contributed by atoms with van der Waals surface area (Å²) < 4.78 is 17.4. The number of halogens is 1. The highest BCUT2D eigenvalue weighted by Gasteiger charge is 2.23. The van der Waals surface area contributed by atoms with Crippen LogP contribution in [0.5, 0.6) is 0 Å². The second kappa shape index (κ2) is 3.91. The van der Waals surface area contributed by atoms with Gasteiger partial charge in [0.05, 0.1) is 12.0 Å². The molecule has 2 N–H and O–H groups in total. The van der Waals surface area contributed by atoms with Gasteiger partial charge in [-0.1, -0.05) is 0 Å². The third-order valence-electron chi connectivity index (χ3n) is 1.76. The zero-order valence-electron chi connectivity index (χ0n) is 7.69. The molecule has 0 unspecified atom stereocenters. The number of nitro benzene ring substituents is 1. The number of nitrogen functional groups attached to an aromatic ring is 1. The van der Waals surface area contributed by atoms with Crippen LogP contribution in [0.3, 0.4) is 0 Å². The van der Waals surface area contributed by atoms with Gasteiger partial charge in [-0.2, -0.15) is 0 Å². The predicted molar refractivity (Wildman–Crippen MR) is 48.8 cm³/mol. The first kappa shape index (κ1) is 10.9. The van der Waals surface area contributed by atoms with Gasteiger partial charge in [0.25, 0.3) is 5.69 Å². The molecule has 0 bridgehead atoms. The third-order valence-corrected chi connectivity index (χ3v) is 1.76. The van der Waals surface area contributed by atoms with E-state index < -0.39 is 33.6 Å². The van der Waals surface area contributed by atoms with Crippen molar-refractivity contribution in [1.29, 1.82) is 0 Å². The number of ether oxygens (including phenoxy) is 1. The molecule has 80 valence electrons. The van der Waals surface area contributed by atoms with E-state index in [1.807, 2.05) is 0 Å². The Kier molecular flexibility index (Phi) is 2.84. The Morgan fingerprint density at radius 2 is 2.20 bits per heavy atom. The average Bonchev–Trinajstić information content (AvgIpc) is 2.16. The molecule has 1 aromatic rings. The van der Waals surface area contributed by atoms with Crippen molar-refractivity contribution in [2.75, 3.05) is 12.8 Å². The number of nitrogens with two attached hydrogens (primary N) is 1. The lowest BCUT2D eigenvalue weighted by Gasteiger charge is -2.04. The average molecular weight is 214 g/mol. The van der Waals surface area contributed by atoms with Gasteiger partial charge in [0.15, 0.2) is 0 Å². The fraction of sp³-hybridized carbons (Fsp3) is 0.125. The monoisotopic (exact) mass is 214 g/mol. The van der Waals surface area contributed by atoms with Gasteiger partial charge in [-0.15, -0.1) is 0 Å². The van der Waals surface area contributed by atoms with Crippen molar-refractivity contribution in [3.63, 3.8) is 0 Å². The molecular weight excluding hydrogens is 207 g/mol. The molecule has 6 nitrogen and oxygen atoms in total. The van der Waals surface area contributed by atoms with Crippen molar-refractivity contribution in [3.05, 3.63) is 33.6 Å². The van der Waals surface area contributed by atoms with Crippen molar-refractivity contribution in [2.24, 2.45) is 0 Å². The molecule has 15 heavy (non-hydrogen) atoms. The van der Waals surface area contributed by atoms with Crippen molar-refractivity contribution in [3.8, 4) is 0 Å². The number of esters is 1. The van der Waals surface area contributed by atoms with Crippen LogP contribution in [0.15, 0.2) is 12.1 Å². The van der Waals surface area contributed by atoms with Gasteiger partial charge in [0.2, 0.25) is 0 Å². The third kappa shape index (κ3) is 1.85. The number of nitro groups is 1. The molecule has 0 heterocycles. The summed E-state index contributed by atoms with van der Waals surface area (Å²) in [5, 5.41) is 10.4. The van der Waals surface area contributed by atoms with Crippen LogP contribution in [0.25, 0.3) is 0 Å². The number of rotatable bonds is 2. The molecule has 0 aliphatic carbocycles. The van der Waals surface area contributed by atoms with Gasteiger partial charge in [0.1, 0.15) is 17.1 Å². The van der Waals surface area contributed by atoms with Crippen LogP contribution in [0, 0.1) is 15.9 Å². The lowest BCUT2D eigenvalue weighted by Crippen LogP contribution is -2.10. The lowest BCUT2D eigenvalue weighted by atomic mass is 10.1. The van der Waals surface area contributed by atoms with Gasteiger partial charge >= 0.3 is 5.97 Å². The molecule has 0 spiro atoms. The van der Waals surface area contributed by atoms with Gasteiger partial charge in [-0.25, -0.2) is 9.18 Å². The van der Waals surface area contributed by atoms with Crippen molar-refractivity contribution < 1.29 is 18.8 Å². The first-order valence-electron chi connectivity index (χ1n) is 3.79. The van der Waals surface area contributed by atoms with E-state index in [9.17, 15) is 19.3 Å². The fourth-order valence-corrected chi connectivity index (χ4v) is 1.05. The highest BCUT2D eigenvalue weighted by molar-refractivity contribution is 5.97. The molecule has 0 fully saturated rings. The van der Waals surface area contributed by atoms with Crippen LogP contribution in [0.4, 0.5) is 15.8 Å². The summed E-state index contributed by atoms with van der Waals surface area (Å²) in [7, 11) is 1.03. The van der Waals surface area contributed by atoms with E-state index in [1.165, 1.54) is 0 Å².